The third-order valence-corrected chi connectivity index (χ3v) is 2.03. The average molecular weight is 159 g/mol. The minimum absolute atomic E-state index is 0.105. The second-order valence-corrected chi connectivity index (χ2v) is 3.60. The van der Waals surface area contributed by atoms with Gasteiger partial charge >= 0.3 is 0 Å². The van der Waals surface area contributed by atoms with E-state index in [2.05, 4.69) is 6.92 Å². The van der Waals surface area contributed by atoms with Gasteiger partial charge < -0.3 is 9.84 Å². The molecule has 0 aromatic carbocycles. The largest absolute Gasteiger partial charge is 0.389 e. The minimum atomic E-state index is -0.325. The lowest BCUT2D eigenvalue weighted by Gasteiger charge is -2.35. The number of likely N-dealkylation sites (N-methyl/N-ethyl adjacent to an activating group) is 1. The highest BCUT2D eigenvalue weighted by Gasteiger charge is 2.28. The maximum absolute atomic E-state index is 9.54. The maximum Gasteiger partial charge on any atom is 0.136 e. The Kier molecular flexibility index (Phi) is 2.87. The van der Waals surface area contributed by atoms with Crippen LogP contribution in [0.15, 0.2) is 0 Å². The molecule has 0 radical (unpaired) electrons. The van der Waals surface area contributed by atoms with Crippen LogP contribution in [-0.4, -0.2) is 43.0 Å². The second-order valence-electron chi connectivity index (χ2n) is 3.60. The van der Waals surface area contributed by atoms with Gasteiger partial charge in [0.25, 0.3) is 0 Å². The van der Waals surface area contributed by atoms with Crippen molar-refractivity contribution < 1.29 is 9.84 Å². The zero-order valence-electron chi connectivity index (χ0n) is 7.45. The van der Waals surface area contributed by atoms with Crippen LogP contribution < -0.4 is 0 Å². The Bertz CT molecular complexity index is 127. The predicted molar refractivity (Wildman–Crippen MR) is 43.2 cm³/mol. The van der Waals surface area contributed by atoms with Crippen LogP contribution in [-0.2, 0) is 4.74 Å². The van der Waals surface area contributed by atoms with Crippen LogP contribution in [0.1, 0.15) is 13.3 Å². The van der Waals surface area contributed by atoms with Crippen molar-refractivity contribution in [3.05, 3.63) is 0 Å². The molecule has 11 heavy (non-hydrogen) atoms. The van der Waals surface area contributed by atoms with Gasteiger partial charge in [-0.25, -0.2) is 0 Å². The fourth-order valence-corrected chi connectivity index (χ4v) is 1.46. The molecule has 0 spiro atoms. The van der Waals surface area contributed by atoms with Crippen LogP contribution in [0.25, 0.3) is 0 Å². The topological polar surface area (TPSA) is 32.7 Å². The monoisotopic (exact) mass is 159 g/mol. The first-order chi connectivity index (χ1) is 5.11. The van der Waals surface area contributed by atoms with Crippen LogP contribution in [0.2, 0.25) is 0 Å². The first-order valence-corrected chi connectivity index (χ1v) is 4.07. The lowest BCUT2D eigenvalue weighted by molar-refractivity contribution is -0.152. The molecular weight excluding hydrogens is 142 g/mol. The Hall–Kier alpha value is -0.120. The molecule has 3 heteroatoms. The number of ether oxygens (including phenoxy) is 1. The van der Waals surface area contributed by atoms with Gasteiger partial charge in [-0.2, -0.15) is 0 Å². The summed E-state index contributed by atoms with van der Waals surface area (Å²) < 4.78 is 5.44. The maximum atomic E-state index is 9.54. The Morgan fingerprint density at radius 3 is 2.55 bits per heavy atom. The minimum Gasteiger partial charge on any atom is -0.389 e. The summed E-state index contributed by atoms with van der Waals surface area (Å²) in [5.74, 6) is 0.487. The van der Waals surface area contributed by atoms with Gasteiger partial charge in [-0.05, 0) is 26.4 Å². The summed E-state index contributed by atoms with van der Waals surface area (Å²) in [5.41, 5.74) is 0. The third-order valence-electron chi connectivity index (χ3n) is 2.03. The number of hydrogen-bond acceptors (Lipinski definition) is 3. The highest BCUT2D eigenvalue weighted by molar-refractivity contribution is 4.74. The van der Waals surface area contributed by atoms with E-state index >= 15 is 0 Å². The molecule has 1 saturated heterocycles. The highest BCUT2D eigenvalue weighted by Crippen LogP contribution is 2.19. The van der Waals surface area contributed by atoms with Gasteiger partial charge in [-0.3, -0.25) is 4.90 Å². The van der Waals surface area contributed by atoms with Crippen molar-refractivity contribution in [3.63, 3.8) is 0 Å². The molecule has 1 aliphatic heterocycles. The van der Waals surface area contributed by atoms with E-state index in [1.807, 2.05) is 19.0 Å². The lowest BCUT2D eigenvalue weighted by Crippen LogP contribution is -2.46. The standard InChI is InChI=1S/C8H17NO2/c1-6-4-7(10)8(9(2)3)11-5-6/h6-8,10H,4-5H2,1-3H3. The molecule has 66 valence electrons. The van der Waals surface area contributed by atoms with Crippen LogP contribution >= 0.6 is 0 Å². The van der Waals surface area contributed by atoms with E-state index in [9.17, 15) is 5.11 Å². The molecule has 1 rings (SSSR count). The van der Waals surface area contributed by atoms with Crippen molar-refractivity contribution in [2.45, 2.75) is 25.7 Å². The van der Waals surface area contributed by atoms with Gasteiger partial charge in [0.2, 0.25) is 0 Å². The molecule has 1 aliphatic rings. The molecule has 0 amide bonds. The quantitative estimate of drug-likeness (QED) is 0.597. The van der Waals surface area contributed by atoms with Gasteiger partial charge in [0.15, 0.2) is 0 Å². The number of rotatable bonds is 1. The van der Waals surface area contributed by atoms with E-state index in [4.69, 9.17) is 4.74 Å². The van der Waals surface area contributed by atoms with Gasteiger partial charge in [0.1, 0.15) is 6.23 Å². The fourth-order valence-electron chi connectivity index (χ4n) is 1.46. The normalized spacial score (nSPS) is 39.5. The van der Waals surface area contributed by atoms with E-state index in [1.54, 1.807) is 0 Å². The fraction of sp³-hybridized carbons (Fsp3) is 1.00. The summed E-state index contributed by atoms with van der Waals surface area (Å²) in [6.45, 7) is 2.86. The first kappa shape index (κ1) is 8.97. The SMILES string of the molecule is CC1COC(N(C)C)C(O)C1. The van der Waals surface area contributed by atoms with Crippen molar-refractivity contribution in [3.8, 4) is 0 Å². The zero-order chi connectivity index (χ0) is 8.43. The predicted octanol–water partition coefficient (Wildman–Crippen LogP) is 0.291. The molecule has 1 fully saturated rings. The van der Waals surface area contributed by atoms with Crippen LogP contribution in [0.5, 0.6) is 0 Å². The zero-order valence-corrected chi connectivity index (χ0v) is 7.45. The summed E-state index contributed by atoms with van der Waals surface area (Å²) in [6.07, 6.45) is 0.419. The smallest absolute Gasteiger partial charge is 0.136 e. The van der Waals surface area contributed by atoms with Gasteiger partial charge in [-0.1, -0.05) is 6.92 Å². The number of aliphatic hydroxyl groups excluding tert-OH is 1. The summed E-state index contributed by atoms with van der Waals surface area (Å²) in [6, 6.07) is 0. The summed E-state index contributed by atoms with van der Waals surface area (Å²) in [7, 11) is 3.84. The molecule has 3 unspecified atom stereocenters. The van der Waals surface area contributed by atoms with E-state index in [0.717, 1.165) is 13.0 Å². The van der Waals surface area contributed by atoms with E-state index in [0.29, 0.717) is 5.92 Å². The number of hydrogen-bond donors (Lipinski definition) is 1. The van der Waals surface area contributed by atoms with Crippen LogP contribution in [0.4, 0.5) is 0 Å². The lowest BCUT2D eigenvalue weighted by atomic mass is 10.0. The Morgan fingerprint density at radius 2 is 2.09 bits per heavy atom. The molecular formula is C8H17NO2. The number of aliphatic hydroxyl groups is 1. The molecule has 0 bridgehead atoms. The first-order valence-electron chi connectivity index (χ1n) is 4.07. The highest BCUT2D eigenvalue weighted by atomic mass is 16.5. The molecule has 0 aromatic heterocycles. The molecule has 1 heterocycles. The third kappa shape index (κ3) is 2.15. The van der Waals surface area contributed by atoms with Gasteiger partial charge in [0, 0.05) is 0 Å². The second kappa shape index (κ2) is 3.52. The van der Waals surface area contributed by atoms with E-state index < -0.39 is 0 Å². The van der Waals surface area contributed by atoms with Crippen molar-refractivity contribution in [2.24, 2.45) is 5.92 Å². The van der Waals surface area contributed by atoms with Crippen molar-refractivity contribution in [1.29, 1.82) is 0 Å². The summed E-state index contributed by atoms with van der Waals surface area (Å²) >= 11 is 0. The molecule has 0 aromatic rings. The van der Waals surface area contributed by atoms with Crippen molar-refractivity contribution in [2.75, 3.05) is 20.7 Å². The molecule has 3 nitrogen and oxygen atoms in total. The Morgan fingerprint density at radius 1 is 1.45 bits per heavy atom. The van der Waals surface area contributed by atoms with Crippen molar-refractivity contribution in [1.82, 2.24) is 4.90 Å². The van der Waals surface area contributed by atoms with Gasteiger partial charge in [-0.15, -0.1) is 0 Å². The molecule has 1 N–H and O–H groups in total. The van der Waals surface area contributed by atoms with Gasteiger partial charge in [0.05, 0.1) is 12.7 Å². The Labute approximate surface area is 68.0 Å². The summed E-state index contributed by atoms with van der Waals surface area (Å²) in [4.78, 5) is 1.91. The number of nitrogens with zero attached hydrogens (tertiary/aromatic N) is 1. The van der Waals surface area contributed by atoms with E-state index in [1.165, 1.54) is 0 Å². The van der Waals surface area contributed by atoms with Crippen LogP contribution in [0, 0.1) is 5.92 Å². The van der Waals surface area contributed by atoms with E-state index in [-0.39, 0.29) is 12.3 Å². The molecule has 0 aliphatic carbocycles. The summed E-state index contributed by atoms with van der Waals surface area (Å²) in [5, 5.41) is 9.54. The van der Waals surface area contributed by atoms with Crippen LogP contribution in [0.3, 0.4) is 0 Å². The molecule has 0 saturated carbocycles. The Balaban J connectivity index is 2.44. The average Bonchev–Trinajstić information content (AvgIpc) is 1.85. The van der Waals surface area contributed by atoms with Crippen molar-refractivity contribution >= 4 is 0 Å². The molecule has 3 atom stereocenters.